The van der Waals surface area contributed by atoms with Gasteiger partial charge in [0.05, 0.1) is 19.1 Å². The molecule has 0 amide bonds. The largest absolute Gasteiger partial charge is 0.466 e. The molecule has 0 heterocycles. The summed E-state index contributed by atoms with van der Waals surface area (Å²) in [6.45, 7) is 5.85. The number of carbonyl (C=O) groups excluding carboxylic acids is 1. The molecule has 0 bridgehead atoms. The van der Waals surface area contributed by atoms with Gasteiger partial charge < -0.3 is 9.84 Å². The molecule has 16 heavy (non-hydrogen) atoms. The van der Waals surface area contributed by atoms with Crippen molar-refractivity contribution in [2.45, 2.75) is 45.1 Å². The minimum Gasteiger partial charge on any atom is -0.466 e. The van der Waals surface area contributed by atoms with Crippen LogP contribution in [0.4, 0.5) is 0 Å². The molecule has 2 unspecified atom stereocenters. The standard InChI is InChI=1S/C13H22O3/c1-3-5-11(8-10-6-7-10)12(14)9-13(15)16-4-2/h3,10-12,14H,1,4-9H2,2H3. The van der Waals surface area contributed by atoms with Gasteiger partial charge in [0, 0.05) is 0 Å². The average Bonchev–Trinajstić information content (AvgIpc) is 3.01. The van der Waals surface area contributed by atoms with Gasteiger partial charge in [-0.2, -0.15) is 0 Å². The molecule has 2 atom stereocenters. The molecule has 1 fully saturated rings. The lowest BCUT2D eigenvalue weighted by molar-refractivity contribution is -0.146. The van der Waals surface area contributed by atoms with Crippen molar-refractivity contribution in [3.05, 3.63) is 12.7 Å². The molecular weight excluding hydrogens is 204 g/mol. The second kappa shape index (κ2) is 6.69. The van der Waals surface area contributed by atoms with Crippen LogP contribution >= 0.6 is 0 Å². The number of aliphatic hydroxyl groups excluding tert-OH is 1. The molecule has 1 saturated carbocycles. The minimum atomic E-state index is -0.586. The van der Waals surface area contributed by atoms with E-state index in [1.165, 1.54) is 12.8 Å². The summed E-state index contributed by atoms with van der Waals surface area (Å²) in [5.41, 5.74) is 0. The lowest BCUT2D eigenvalue weighted by atomic mass is 9.91. The summed E-state index contributed by atoms with van der Waals surface area (Å²) in [6.07, 6.45) is 5.65. The Labute approximate surface area is 97.5 Å². The maximum atomic E-state index is 11.3. The fraction of sp³-hybridized carbons (Fsp3) is 0.769. The molecule has 1 N–H and O–H groups in total. The van der Waals surface area contributed by atoms with E-state index >= 15 is 0 Å². The molecule has 1 aliphatic carbocycles. The van der Waals surface area contributed by atoms with Crippen LogP contribution < -0.4 is 0 Å². The SMILES string of the molecule is C=CCC(CC1CC1)C(O)CC(=O)OCC. The third-order valence-corrected chi connectivity index (χ3v) is 3.03. The van der Waals surface area contributed by atoms with Crippen LogP contribution in [0.1, 0.15) is 39.0 Å². The first-order valence-corrected chi connectivity index (χ1v) is 6.12. The van der Waals surface area contributed by atoms with Gasteiger partial charge in [-0.25, -0.2) is 0 Å². The van der Waals surface area contributed by atoms with Crippen molar-refractivity contribution in [2.24, 2.45) is 11.8 Å². The molecule has 0 aromatic rings. The first kappa shape index (κ1) is 13.2. The van der Waals surface area contributed by atoms with E-state index in [0.717, 1.165) is 18.8 Å². The number of hydrogen-bond donors (Lipinski definition) is 1. The van der Waals surface area contributed by atoms with Crippen molar-refractivity contribution < 1.29 is 14.6 Å². The lowest BCUT2D eigenvalue weighted by Crippen LogP contribution is -2.25. The summed E-state index contributed by atoms with van der Waals surface area (Å²) in [5.74, 6) is 0.607. The van der Waals surface area contributed by atoms with Crippen molar-refractivity contribution in [3.63, 3.8) is 0 Å². The molecule has 0 spiro atoms. The van der Waals surface area contributed by atoms with Crippen LogP contribution in [0.25, 0.3) is 0 Å². The average molecular weight is 226 g/mol. The monoisotopic (exact) mass is 226 g/mol. The molecule has 0 saturated heterocycles. The van der Waals surface area contributed by atoms with Gasteiger partial charge in [-0.3, -0.25) is 4.79 Å². The normalized spacial score (nSPS) is 18.9. The van der Waals surface area contributed by atoms with Gasteiger partial charge in [0.1, 0.15) is 0 Å². The second-order valence-electron chi connectivity index (χ2n) is 4.54. The van der Waals surface area contributed by atoms with E-state index in [1.54, 1.807) is 6.92 Å². The Morgan fingerprint density at radius 3 is 2.81 bits per heavy atom. The molecule has 3 heteroatoms. The van der Waals surface area contributed by atoms with Crippen LogP contribution in [0, 0.1) is 11.8 Å². The predicted octanol–water partition coefficient (Wildman–Crippen LogP) is 2.29. The molecule has 1 rings (SSSR count). The molecule has 0 radical (unpaired) electrons. The number of carbonyl (C=O) groups is 1. The van der Waals surface area contributed by atoms with Crippen molar-refractivity contribution in [3.8, 4) is 0 Å². The molecule has 3 nitrogen and oxygen atoms in total. The van der Waals surface area contributed by atoms with Gasteiger partial charge in [0.15, 0.2) is 0 Å². The number of allylic oxidation sites excluding steroid dienone is 1. The van der Waals surface area contributed by atoms with Gasteiger partial charge in [-0.1, -0.05) is 18.9 Å². The van der Waals surface area contributed by atoms with E-state index in [4.69, 9.17) is 4.74 Å². The van der Waals surface area contributed by atoms with Crippen LogP contribution in [0.15, 0.2) is 12.7 Å². The van der Waals surface area contributed by atoms with Gasteiger partial charge in [-0.15, -0.1) is 6.58 Å². The van der Waals surface area contributed by atoms with Crippen LogP contribution in [-0.2, 0) is 9.53 Å². The van der Waals surface area contributed by atoms with Gasteiger partial charge in [0.25, 0.3) is 0 Å². The highest BCUT2D eigenvalue weighted by atomic mass is 16.5. The number of ether oxygens (including phenoxy) is 1. The van der Waals surface area contributed by atoms with Crippen molar-refractivity contribution in [1.82, 2.24) is 0 Å². The minimum absolute atomic E-state index is 0.110. The van der Waals surface area contributed by atoms with E-state index in [0.29, 0.717) is 6.61 Å². The highest BCUT2D eigenvalue weighted by Gasteiger charge is 2.29. The quantitative estimate of drug-likeness (QED) is 0.510. The molecule has 0 aromatic heterocycles. The molecule has 92 valence electrons. The Bertz CT molecular complexity index is 233. The summed E-state index contributed by atoms with van der Waals surface area (Å²) < 4.78 is 4.84. The summed E-state index contributed by atoms with van der Waals surface area (Å²) in [6, 6.07) is 0. The fourth-order valence-corrected chi connectivity index (χ4v) is 1.96. The Balaban J connectivity index is 2.35. The zero-order valence-corrected chi connectivity index (χ0v) is 10.0. The number of rotatable bonds is 8. The Hall–Kier alpha value is -0.830. The molecule has 0 aromatic carbocycles. The van der Waals surface area contributed by atoms with Crippen LogP contribution in [0.5, 0.6) is 0 Å². The van der Waals surface area contributed by atoms with E-state index in [2.05, 4.69) is 6.58 Å². The van der Waals surface area contributed by atoms with Crippen molar-refractivity contribution >= 4 is 5.97 Å². The Morgan fingerprint density at radius 2 is 2.31 bits per heavy atom. The number of aliphatic hydroxyl groups is 1. The molecule has 1 aliphatic rings. The van der Waals surface area contributed by atoms with E-state index in [1.807, 2.05) is 6.08 Å². The Kier molecular flexibility index (Phi) is 5.53. The summed E-state index contributed by atoms with van der Waals surface area (Å²) >= 11 is 0. The van der Waals surface area contributed by atoms with Gasteiger partial charge in [0.2, 0.25) is 0 Å². The third-order valence-electron chi connectivity index (χ3n) is 3.03. The van der Waals surface area contributed by atoms with Gasteiger partial charge in [-0.05, 0) is 31.6 Å². The number of hydrogen-bond acceptors (Lipinski definition) is 3. The third kappa shape index (κ3) is 4.79. The van der Waals surface area contributed by atoms with Crippen LogP contribution in [0.2, 0.25) is 0 Å². The summed E-state index contributed by atoms with van der Waals surface area (Å²) in [5, 5.41) is 9.97. The van der Waals surface area contributed by atoms with E-state index < -0.39 is 6.10 Å². The van der Waals surface area contributed by atoms with Crippen molar-refractivity contribution in [1.29, 1.82) is 0 Å². The van der Waals surface area contributed by atoms with Crippen LogP contribution in [-0.4, -0.2) is 23.8 Å². The van der Waals surface area contributed by atoms with E-state index in [-0.39, 0.29) is 18.3 Å². The summed E-state index contributed by atoms with van der Waals surface area (Å²) in [4.78, 5) is 11.3. The lowest BCUT2D eigenvalue weighted by Gasteiger charge is -2.20. The summed E-state index contributed by atoms with van der Waals surface area (Å²) in [7, 11) is 0. The molecular formula is C13H22O3. The maximum absolute atomic E-state index is 11.3. The highest BCUT2D eigenvalue weighted by Crippen LogP contribution is 2.37. The fourth-order valence-electron chi connectivity index (χ4n) is 1.96. The maximum Gasteiger partial charge on any atom is 0.308 e. The van der Waals surface area contributed by atoms with Crippen molar-refractivity contribution in [2.75, 3.05) is 6.61 Å². The zero-order valence-electron chi connectivity index (χ0n) is 10.0. The van der Waals surface area contributed by atoms with Gasteiger partial charge >= 0.3 is 5.97 Å². The second-order valence-corrected chi connectivity index (χ2v) is 4.54. The predicted molar refractivity (Wildman–Crippen MR) is 62.9 cm³/mol. The zero-order chi connectivity index (χ0) is 12.0. The highest BCUT2D eigenvalue weighted by molar-refractivity contribution is 5.69. The number of esters is 1. The smallest absolute Gasteiger partial charge is 0.308 e. The Morgan fingerprint density at radius 1 is 1.62 bits per heavy atom. The van der Waals surface area contributed by atoms with Crippen LogP contribution in [0.3, 0.4) is 0 Å². The first-order chi connectivity index (χ1) is 7.67. The topological polar surface area (TPSA) is 46.5 Å². The van der Waals surface area contributed by atoms with E-state index in [9.17, 15) is 9.90 Å². The first-order valence-electron chi connectivity index (χ1n) is 6.12. The molecule has 0 aliphatic heterocycles.